The van der Waals surface area contributed by atoms with E-state index in [1.807, 2.05) is 28.8 Å². The highest BCUT2D eigenvalue weighted by Gasteiger charge is 2.38. The van der Waals surface area contributed by atoms with Gasteiger partial charge in [0.15, 0.2) is 0 Å². The van der Waals surface area contributed by atoms with E-state index < -0.39 is 0 Å². The van der Waals surface area contributed by atoms with Crippen molar-refractivity contribution in [2.45, 2.75) is 44.3 Å². The molecule has 2 atom stereocenters. The van der Waals surface area contributed by atoms with Crippen molar-refractivity contribution in [3.63, 3.8) is 0 Å². The molecule has 0 spiro atoms. The Morgan fingerprint density at radius 3 is 2.63 bits per heavy atom. The zero-order valence-electron chi connectivity index (χ0n) is 16.3. The number of rotatable bonds is 2. The lowest BCUT2D eigenvalue weighted by atomic mass is 9.83. The molecule has 0 amide bonds. The number of aromatic nitrogens is 2. The lowest BCUT2D eigenvalue weighted by molar-refractivity contribution is 0.0889. The predicted molar refractivity (Wildman–Crippen MR) is 118 cm³/mol. The molecule has 1 aromatic heterocycles. The van der Waals surface area contributed by atoms with Crippen LogP contribution in [0.4, 0.5) is 0 Å². The fraction of sp³-hybridized carbons (Fsp3) is 0.348. The van der Waals surface area contributed by atoms with Gasteiger partial charge in [-0.2, -0.15) is 5.26 Å². The molecule has 0 saturated carbocycles. The van der Waals surface area contributed by atoms with Crippen LogP contribution in [0.1, 0.15) is 42.1 Å². The molecule has 7 heteroatoms. The number of piperidine rings is 1. The van der Waals surface area contributed by atoms with Gasteiger partial charge >= 0.3 is 0 Å². The molecular weight excluding hydrogens is 419 g/mol. The maximum atomic E-state index is 13.1. The topological polar surface area (TPSA) is 61.9 Å². The summed E-state index contributed by atoms with van der Waals surface area (Å²) in [5.74, 6) is 1.09. The Labute approximate surface area is 184 Å². The molecular formula is C23H20Cl2N4O. The highest BCUT2D eigenvalue weighted by atomic mass is 35.5. The summed E-state index contributed by atoms with van der Waals surface area (Å²) in [7, 11) is 0. The fourth-order valence-electron chi connectivity index (χ4n) is 4.92. The van der Waals surface area contributed by atoms with Gasteiger partial charge in [0.1, 0.15) is 5.82 Å². The second-order valence-electron chi connectivity index (χ2n) is 8.09. The third-order valence-electron chi connectivity index (χ3n) is 6.37. The van der Waals surface area contributed by atoms with Crippen LogP contribution in [0.3, 0.4) is 0 Å². The van der Waals surface area contributed by atoms with Crippen LogP contribution < -0.4 is 5.56 Å². The van der Waals surface area contributed by atoms with E-state index in [9.17, 15) is 4.79 Å². The molecule has 2 aliphatic rings. The van der Waals surface area contributed by atoms with Crippen molar-refractivity contribution in [3.8, 4) is 6.07 Å². The van der Waals surface area contributed by atoms with Crippen molar-refractivity contribution in [3.05, 3.63) is 73.7 Å². The van der Waals surface area contributed by atoms with Crippen molar-refractivity contribution in [2.75, 3.05) is 6.54 Å². The summed E-state index contributed by atoms with van der Waals surface area (Å²) in [5, 5.41) is 10.3. The minimum absolute atomic E-state index is 0.0313. The number of likely N-dealkylation sites (tertiary alicyclic amines) is 1. The van der Waals surface area contributed by atoms with Crippen molar-refractivity contribution < 1.29 is 0 Å². The van der Waals surface area contributed by atoms with Crippen LogP contribution in [0.2, 0.25) is 10.0 Å². The van der Waals surface area contributed by atoms with Gasteiger partial charge in [-0.15, -0.1) is 0 Å². The highest BCUT2D eigenvalue weighted by molar-refractivity contribution is 6.42. The van der Waals surface area contributed by atoms with Crippen LogP contribution >= 0.6 is 23.2 Å². The molecule has 0 N–H and O–H groups in total. The average molecular weight is 439 g/mol. The third-order valence-corrected chi connectivity index (χ3v) is 7.09. The Bertz CT molecular complexity index is 1230. The normalized spacial score (nSPS) is 21.1. The van der Waals surface area contributed by atoms with E-state index in [4.69, 9.17) is 33.4 Å². The Morgan fingerprint density at radius 2 is 1.87 bits per heavy atom. The summed E-state index contributed by atoms with van der Waals surface area (Å²) in [6.45, 7) is 2.52. The molecule has 3 aromatic rings. The number of benzene rings is 2. The minimum atomic E-state index is -0.0313. The quantitative estimate of drug-likeness (QED) is 0.580. The summed E-state index contributed by atoms with van der Waals surface area (Å²) < 4.78 is 1.83. The largest absolute Gasteiger partial charge is 0.296 e. The van der Waals surface area contributed by atoms with Crippen LogP contribution in [-0.4, -0.2) is 27.0 Å². The van der Waals surface area contributed by atoms with Crippen LogP contribution in [0.25, 0.3) is 10.9 Å². The molecule has 3 heterocycles. The monoisotopic (exact) mass is 438 g/mol. The molecule has 2 aromatic carbocycles. The standard InChI is InChI=1S/C23H20Cl2N4O/c24-18-10-17-20(11-19(18)25)27-22-16-2-1-8-28(21(16)7-9-29(22)23(17)30)13-15-5-3-14(12-26)4-6-15/h3-6,10-11,16,21H,1-2,7-9,13H2/t16-,21+/m0/s1. The summed E-state index contributed by atoms with van der Waals surface area (Å²) in [6.07, 6.45) is 3.00. The molecule has 0 radical (unpaired) electrons. The summed E-state index contributed by atoms with van der Waals surface area (Å²) in [5.41, 5.74) is 2.46. The van der Waals surface area contributed by atoms with Crippen molar-refractivity contribution in [1.29, 1.82) is 5.26 Å². The molecule has 152 valence electrons. The van der Waals surface area contributed by atoms with Gasteiger partial charge in [-0.3, -0.25) is 14.3 Å². The molecule has 30 heavy (non-hydrogen) atoms. The van der Waals surface area contributed by atoms with E-state index in [0.717, 1.165) is 38.2 Å². The summed E-state index contributed by atoms with van der Waals surface area (Å²) in [6, 6.07) is 13.6. The van der Waals surface area contributed by atoms with E-state index in [-0.39, 0.29) is 11.5 Å². The van der Waals surface area contributed by atoms with Gasteiger partial charge in [0, 0.05) is 25.0 Å². The molecule has 5 nitrogen and oxygen atoms in total. The predicted octanol–water partition coefficient (Wildman–Crippen LogP) is 4.73. The maximum absolute atomic E-state index is 13.1. The summed E-state index contributed by atoms with van der Waals surface area (Å²) in [4.78, 5) is 20.5. The zero-order valence-corrected chi connectivity index (χ0v) is 17.8. The van der Waals surface area contributed by atoms with E-state index in [2.05, 4.69) is 11.0 Å². The Balaban J connectivity index is 1.50. The van der Waals surface area contributed by atoms with Crippen molar-refractivity contribution >= 4 is 34.1 Å². The van der Waals surface area contributed by atoms with Gasteiger partial charge in [0.05, 0.1) is 32.6 Å². The zero-order chi connectivity index (χ0) is 20.8. The summed E-state index contributed by atoms with van der Waals surface area (Å²) >= 11 is 12.3. The number of nitriles is 1. The first-order chi connectivity index (χ1) is 14.5. The maximum Gasteiger partial charge on any atom is 0.261 e. The lowest BCUT2D eigenvalue weighted by Gasteiger charge is -2.44. The SMILES string of the molecule is N#Cc1ccc(CN2CCC[C@@H]3c4nc5cc(Cl)c(Cl)cc5c(=O)n4CC[C@H]32)cc1. The lowest BCUT2D eigenvalue weighted by Crippen LogP contribution is -2.49. The fourth-order valence-corrected chi connectivity index (χ4v) is 5.24. The molecule has 0 bridgehead atoms. The average Bonchev–Trinajstić information content (AvgIpc) is 2.76. The molecule has 0 aliphatic carbocycles. The van der Waals surface area contributed by atoms with Crippen molar-refractivity contribution in [2.24, 2.45) is 0 Å². The highest BCUT2D eigenvalue weighted by Crippen LogP contribution is 2.38. The smallest absolute Gasteiger partial charge is 0.261 e. The first-order valence-electron chi connectivity index (χ1n) is 10.2. The van der Waals surface area contributed by atoms with Crippen LogP contribution in [0, 0.1) is 11.3 Å². The first-order valence-corrected chi connectivity index (χ1v) is 10.9. The second kappa shape index (κ2) is 7.70. The van der Waals surface area contributed by atoms with Crippen LogP contribution in [0.15, 0.2) is 41.2 Å². The molecule has 1 saturated heterocycles. The molecule has 0 unspecified atom stereocenters. The Kier molecular flexibility index (Phi) is 5.02. The van der Waals surface area contributed by atoms with Crippen LogP contribution in [-0.2, 0) is 13.1 Å². The van der Waals surface area contributed by atoms with E-state index >= 15 is 0 Å². The molecule has 1 fully saturated rings. The number of fused-ring (bicyclic) bond motifs is 4. The molecule has 5 rings (SSSR count). The van der Waals surface area contributed by atoms with Gasteiger partial charge in [-0.05, 0) is 55.6 Å². The van der Waals surface area contributed by atoms with E-state index in [0.29, 0.717) is 39.1 Å². The Hall–Kier alpha value is -2.39. The van der Waals surface area contributed by atoms with Gasteiger partial charge in [-0.1, -0.05) is 35.3 Å². The third kappa shape index (κ3) is 3.30. The van der Waals surface area contributed by atoms with Crippen LogP contribution in [0.5, 0.6) is 0 Å². The Morgan fingerprint density at radius 1 is 1.10 bits per heavy atom. The van der Waals surface area contributed by atoms with E-state index in [1.165, 1.54) is 5.56 Å². The van der Waals surface area contributed by atoms with Crippen molar-refractivity contribution in [1.82, 2.24) is 14.5 Å². The van der Waals surface area contributed by atoms with E-state index in [1.54, 1.807) is 12.1 Å². The minimum Gasteiger partial charge on any atom is -0.296 e. The number of halogens is 2. The van der Waals surface area contributed by atoms with Gasteiger partial charge in [-0.25, -0.2) is 4.98 Å². The second-order valence-corrected chi connectivity index (χ2v) is 8.91. The van der Waals surface area contributed by atoms with Gasteiger partial charge in [0.25, 0.3) is 5.56 Å². The van der Waals surface area contributed by atoms with Gasteiger partial charge in [0.2, 0.25) is 0 Å². The number of nitrogens with zero attached hydrogens (tertiary/aromatic N) is 4. The number of hydrogen-bond donors (Lipinski definition) is 0. The first kappa shape index (κ1) is 19.6. The van der Waals surface area contributed by atoms with Gasteiger partial charge < -0.3 is 0 Å². The number of hydrogen-bond acceptors (Lipinski definition) is 4. The molecule has 2 aliphatic heterocycles.